The van der Waals surface area contributed by atoms with E-state index in [0.29, 0.717) is 50.0 Å². The number of anilines is 1. The molecular formula is C28H33N5O7S. The highest BCUT2D eigenvalue weighted by atomic mass is 32.2. The lowest BCUT2D eigenvalue weighted by Crippen LogP contribution is -2.46. The topological polar surface area (TPSA) is 150 Å². The number of nitrogens with zero attached hydrogens (tertiary/aromatic N) is 4. The average Bonchev–Trinajstić information content (AvgIpc) is 3.66. The summed E-state index contributed by atoms with van der Waals surface area (Å²) < 4.78 is 41.7. The first kappa shape index (κ1) is 27.5. The van der Waals surface area contributed by atoms with E-state index in [1.807, 2.05) is 13.0 Å². The lowest BCUT2D eigenvalue weighted by atomic mass is 9.90. The van der Waals surface area contributed by atoms with Crippen LogP contribution in [0.15, 0.2) is 50.5 Å². The molecule has 1 saturated carbocycles. The zero-order chi connectivity index (χ0) is 28.9. The van der Waals surface area contributed by atoms with Crippen molar-refractivity contribution in [3.63, 3.8) is 0 Å². The van der Waals surface area contributed by atoms with Gasteiger partial charge in [-0.15, -0.1) is 5.10 Å². The number of sulfonamides is 1. The van der Waals surface area contributed by atoms with Gasteiger partial charge in [-0.3, -0.25) is 9.80 Å². The number of carbonyl (C=O) groups is 1. The van der Waals surface area contributed by atoms with Gasteiger partial charge in [0.2, 0.25) is 15.9 Å². The standard InChI is InChI=1S/C28H33N5O7S/c1-3-38-24-15-23(25-30-31(2)26(34)39-25)22(18-4-5-18)14-19(24)16-32-12-10-28(11-13-32)17-33(27(35)40-28)20-6-8-21(9-7-20)41(29,36)37/h6-9,14-15,18H,3-5,10-13,16-17H2,1-2H3,(H2,29,36,37). The van der Waals surface area contributed by atoms with Crippen LogP contribution in [0.1, 0.15) is 49.7 Å². The number of ether oxygens (including phenoxy) is 2. The Morgan fingerprint density at radius 3 is 2.41 bits per heavy atom. The lowest BCUT2D eigenvalue weighted by Gasteiger charge is -2.37. The maximum absolute atomic E-state index is 12.8. The Hall–Kier alpha value is -3.68. The number of carbonyl (C=O) groups excluding carboxylic acids is 1. The molecule has 0 radical (unpaired) electrons. The first-order chi connectivity index (χ1) is 19.5. The van der Waals surface area contributed by atoms with Crippen LogP contribution in [0.25, 0.3) is 11.5 Å². The molecule has 41 heavy (non-hydrogen) atoms. The molecule has 0 atom stereocenters. The number of benzene rings is 2. The van der Waals surface area contributed by atoms with Gasteiger partial charge in [-0.05, 0) is 67.6 Å². The molecule has 1 amide bonds. The van der Waals surface area contributed by atoms with Crippen LogP contribution in [-0.4, -0.2) is 61.0 Å². The SMILES string of the molecule is CCOc1cc(-c2nn(C)c(=O)o2)c(C2CC2)cc1CN1CCC2(CC1)CN(c1ccc(S(N)(=O)=O)cc1)C(=O)O2. The fourth-order valence-corrected chi connectivity index (χ4v) is 6.20. The summed E-state index contributed by atoms with van der Waals surface area (Å²) in [4.78, 5) is 28.6. The summed E-state index contributed by atoms with van der Waals surface area (Å²) in [5.41, 5.74) is 2.94. The van der Waals surface area contributed by atoms with Crippen LogP contribution in [0.5, 0.6) is 5.75 Å². The van der Waals surface area contributed by atoms with Gasteiger partial charge in [0.1, 0.15) is 11.4 Å². The van der Waals surface area contributed by atoms with Crippen molar-refractivity contribution in [2.45, 2.75) is 55.6 Å². The number of piperidine rings is 1. The number of primary sulfonamides is 1. The lowest BCUT2D eigenvalue weighted by molar-refractivity contribution is -0.00111. The maximum Gasteiger partial charge on any atom is 0.437 e. The summed E-state index contributed by atoms with van der Waals surface area (Å²) in [7, 11) is -2.25. The monoisotopic (exact) mass is 583 g/mol. The van der Waals surface area contributed by atoms with Crippen molar-refractivity contribution in [2.75, 3.05) is 31.1 Å². The Labute approximate surface area is 237 Å². The largest absolute Gasteiger partial charge is 0.494 e. The van der Waals surface area contributed by atoms with Crippen LogP contribution in [0.3, 0.4) is 0 Å². The van der Waals surface area contributed by atoms with Crippen LogP contribution in [-0.2, 0) is 28.4 Å². The molecule has 2 aromatic carbocycles. The van der Waals surface area contributed by atoms with E-state index < -0.39 is 27.5 Å². The minimum absolute atomic E-state index is 0.00860. The van der Waals surface area contributed by atoms with Crippen molar-refractivity contribution in [2.24, 2.45) is 12.2 Å². The molecule has 12 nitrogen and oxygen atoms in total. The molecule has 2 N–H and O–H groups in total. The number of hydrogen-bond donors (Lipinski definition) is 1. The first-order valence-corrected chi connectivity index (χ1v) is 15.3. The molecule has 3 heterocycles. The summed E-state index contributed by atoms with van der Waals surface area (Å²) in [6.07, 6.45) is 3.06. The van der Waals surface area contributed by atoms with Gasteiger partial charge in [0.25, 0.3) is 0 Å². The van der Waals surface area contributed by atoms with E-state index in [1.165, 1.54) is 16.8 Å². The second-order valence-electron chi connectivity index (χ2n) is 11.0. The predicted molar refractivity (Wildman–Crippen MR) is 149 cm³/mol. The summed E-state index contributed by atoms with van der Waals surface area (Å²) in [6, 6.07) is 10.0. The van der Waals surface area contributed by atoms with Crippen molar-refractivity contribution < 1.29 is 27.1 Å². The molecule has 3 aromatic rings. The van der Waals surface area contributed by atoms with Crippen LogP contribution >= 0.6 is 0 Å². The Kier molecular flexibility index (Phi) is 6.91. The predicted octanol–water partition coefficient (Wildman–Crippen LogP) is 2.96. The summed E-state index contributed by atoms with van der Waals surface area (Å²) in [5.74, 6) is 0.942. The van der Waals surface area contributed by atoms with E-state index in [4.69, 9.17) is 19.0 Å². The van der Waals surface area contributed by atoms with E-state index in [1.54, 1.807) is 24.1 Å². The summed E-state index contributed by atoms with van der Waals surface area (Å²) in [6.45, 7) is 4.96. The average molecular weight is 584 g/mol. The van der Waals surface area contributed by atoms with Crippen LogP contribution in [0.4, 0.5) is 10.5 Å². The summed E-state index contributed by atoms with van der Waals surface area (Å²) >= 11 is 0. The highest BCUT2D eigenvalue weighted by Crippen LogP contribution is 2.46. The summed E-state index contributed by atoms with van der Waals surface area (Å²) in [5, 5.41) is 9.48. The molecular weight excluding hydrogens is 550 g/mol. The Balaban J connectivity index is 1.17. The zero-order valence-corrected chi connectivity index (χ0v) is 23.9. The number of aromatic nitrogens is 2. The molecule has 218 valence electrons. The maximum atomic E-state index is 12.8. The molecule has 3 fully saturated rings. The van der Waals surface area contributed by atoms with Crippen molar-refractivity contribution in [1.82, 2.24) is 14.7 Å². The zero-order valence-electron chi connectivity index (χ0n) is 23.0. The van der Waals surface area contributed by atoms with E-state index >= 15 is 0 Å². The minimum Gasteiger partial charge on any atom is -0.494 e. The molecule has 0 unspecified atom stereocenters. The van der Waals surface area contributed by atoms with Gasteiger partial charge in [-0.1, -0.05) is 0 Å². The van der Waals surface area contributed by atoms with Gasteiger partial charge >= 0.3 is 11.8 Å². The third kappa shape index (κ3) is 5.48. The van der Waals surface area contributed by atoms with Crippen LogP contribution < -0.4 is 20.5 Å². The second kappa shape index (κ2) is 10.3. The van der Waals surface area contributed by atoms with Crippen molar-refractivity contribution in [3.8, 4) is 17.2 Å². The van der Waals surface area contributed by atoms with E-state index in [-0.39, 0.29) is 4.90 Å². The van der Waals surface area contributed by atoms with Crippen molar-refractivity contribution >= 4 is 21.8 Å². The van der Waals surface area contributed by atoms with Crippen LogP contribution in [0.2, 0.25) is 0 Å². The molecule has 2 aliphatic heterocycles. The van der Waals surface area contributed by atoms with Gasteiger partial charge in [0, 0.05) is 56.3 Å². The molecule has 3 aliphatic rings. The number of likely N-dealkylation sites (tertiary alicyclic amines) is 1. The van der Waals surface area contributed by atoms with Crippen molar-refractivity contribution in [3.05, 3.63) is 58.1 Å². The number of amides is 1. The van der Waals surface area contributed by atoms with Gasteiger partial charge in [0.05, 0.1) is 18.0 Å². The van der Waals surface area contributed by atoms with E-state index in [0.717, 1.165) is 48.4 Å². The first-order valence-electron chi connectivity index (χ1n) is 13.7. The normalized spacial score (nSPS) is 19.1. The quantitative estimate of drug-likeness (QED) is 0.422. The molecule has 1 aromatic heterocycles. The van der Waals surface area contributed by atoms with Crippen LogP contribution in [0, 0.1) is 0 Å². The highest BCUT2D eigenvalue weighted by Gasteiger charge is 2.47. The fraction of sp³-hybridized carbons (Fsp3) is 0.464. The Morgan fingerprint density at radius 2 is 1.83 bits per heavy atom. The smallest absolute Gasteiger partial charge is 0.437 e. The number of hydrogen-bond acceptors (Lipinski definition) is 9. The third-order valence-electron chi connectivity index (χ3n) is 8.08. The molecule has 2 saturated heterocycles. The van der Waals surface area contributed by atoms with Crippen molar-refractivity contribution in [1.29, 1.82) is 0 Å². The van der Waals surface area contributed by atoms with E-state index in [9.17, 15) is 18.0 Å². The molecule has 0 bridgehead atoms. The second-order valence-corrected chi connectivity index (χ2v) is 12.6. The van der Waals surface area contributed by atoms with Gasteiger partial charge < -0.3 is 13.9 Å². The van der Waals surface area contributed by atoms with Gasteiger partial charge in [-0.25, -0.2) is 23.1 Å². The minimum atomic E-state index is -3.81. The molecule has 1 aliphatic carbocycles. The fourth-order valence-electron chi connectivity index (χ4n) is 5.69. The Bertz CT molecular complexity index is 1630. The number of nitrogens with two attached hydrogens (primary N) is 1. The number of aryl methyl sites for hydroxylation is 1. The van der Waals surface area contributed by atoms with Gasteiger partial charge in [0.15, 0.2) is 0 Å². The number of rotatable bonds is 8. The van der Waals surface area contributed by atoms with E-state index in [2.05, 4.69) is 16.1 Å². The molecule has 1 spiro atoms. The molecule has 6 rings (SSSR count). The molecule has 13 heteroatoms. The van der Waals surface area contributed by atoms with Gasteiger partial charge in [-0.2, -0.15) is 4.68 Å². The third-order valence-corrected chi connectivity index (χ3v) is 9.01. The highest BCUT2D eigenvalue weighted by molar-refractivity contribution is 7.89. The Morgan fingerprint density at radius 1 is 1.12 bits per heavy atom.